The Morgan fingerprint density at radius 3 is 2.62 bits per heavy atom. The normalized spacial score (nSPS) is 16.9. The first-order valence-electron chi connectivity index (χ1n) is 6.09. The highest BCUT2D eigenvalue weighted by Crippen LogP contribution is 2.34. The van der Waals surface area contributed by atoms with Crippen LogP contribution in [0.15, 0.2) is 28.7 Å². The van der Waals surface area contributed by atoms with Gasteiger partial charge in [-0.05, 0) is 38.3 Å². The fraction of sp³-hybridized carbons (Fsp3) is 0.429. The number of aryl methyl sites for hydroxylation is 1. The third kappa shape index (κ3) is 1.49. The highest BCUT2D eigenvalue weighted by Gasteiger charge is 2.18. The fourth-order valence-corrected chi connectivity index (χ4v) is 2.66. The summed E-state index contributed by atoms with van der Waals surface area (Å²) in [5.74, 6) is 1.06. The van der Waals surface area contributed by atoms with E-state index in [4.69, 9.17) is 4.42 Å². The Balaban J connectivity index is 2.10. The van der Waals surface area contributed by atoms with Gasteiger partial charge in [0.15, 0.2) is 0 Å². The molecule has 2 heteroatoms. The molecular formula is C14H17NO. The second kappa shape index (κ2) is 3.85. The summed E-state index contributed by atoms with van der Waals surface area (Å²) in [5, 5.41) is 1.27. The Hall–Kier alpha value is -1.44. The first-order valence-corrected chi connectivity index (χ1v) is 6.09. The standard InChI is InChI=1S/C14H17NO/c1-11-14(15-9-5-2-6-10-15)12-7-3-4-8-13(12)16-11/h3-4,7-8H,2,5-6,9-10H2,1H3. The zero-order valence-electron chi connectivity index (χ0n) is 9.70. The Kier molecular flexibility index (Phi) is 2.35. The van der Waals surface area contributed by atoms with Crippen LogP contribution in [0.5, 0.6) is 0 Å². The van der Waals surface area contributed by atoms with E-state index >= 15 is 0 Å². The molecule has 0 N–H and O–H groups in total. The van der Waals surface area contributed by atoms with Crippen molar-refractivity contribution in [2.24, 2.45) is 0 Å². The van der Waals surface area contributed by atoms with Crippen LogP contribution < -0.4 is 4.90 Å². The van der Waals surface area contributed by atoms with Crippen molar-refractivity contribution < 1.29 is 4.42 Å². The van der Waals surface area contributed by atoms with Gasteiger partial charge in [-0.2, -0.15) is 0 Å². The van der Waals surface area contributed by atoms with Crippen molar-refractivity contribution in [2.45, 2.75) is 26.2 Å². The van der Waals surface area contributed by atoms with Crippen LogP contribution in [0.3, 0.4) is 0 Å². The molecule has 1 aliphatic rings. The molecule has 0 radical (unpaired) electrons. The van der Waals surface area contributed by atoms with E-state index in [1.54, 1.807) is 0 Å². The van der Waals surface area contributed by atoms with Crippen molar-refractivity contribution >= 4 is 16.7 Å². The lowest BCUT2D eigenvalue weighted by molar-refractivity contribution is 0.553. The van der Waals surface area contributed by atoms with Crippen LogP contribution >= 0.6 is 0 Å². The summed E-state index contributed by atoms with van der Waals surface area (Å²) in [6.45, 7) is 4.42. The third-order valence-corrected chi connectivity index (χ3v) is 3.41. The van der Waals surface area contributed by atoms with Crippen molar-refractivity contribution in [2.75, 3.05) is 18.0 Å². The molecule has 1 aliphatic heterocycles. The number of furan rings is 1. The molecular weight excluding hydrogens is 198 g/mol. The average molecular weight is 215 g/mol. The first kappa shape index (κ1) is 9.76. The van der Waals surface area contributed by atoms with Crippen LogP contribution in [0, 0.1) is 6.92 Å². The minimum atomic E-state index is 1.01. The van der Waals surface area contributed by atoms with Gasteiger partial charge in [-0.3, -0.25) is 0 Å². The molecule has 3 rings (SSSR count). The molecule has 0 amide bonds. The van der Waals surface area contributed by atoms with Crippen LogP contribution in [-0.4, -0.2) is 13.1 Å². The van der Waals surface area contributed by atoms with Gasteiger partial charge in [0.1, 0.15) is 11.3 Å². The summed E-state index contributed by atoms with van der Waals surface area (Å²) in [5.41, 5.74) is 2.33. The molecule has 1 aromatic heterocycles. The number of nitrogens with zero attached hydrogens (tertiary/aromatic N) is 1. The van der Waals surface area contributed by atoms with E-state index in [1.807, 2.05) is 6.07 Å². The Labute approximate surface area is 95.9 Å². The van der Waals surface area contributed by atoms with Crippen LogP contribution in [-0.2, 0) is 0 Å². The van der Waals surface area contributed by atoms with Crippen LogP contribution in [0.2, 0.25) is 0 Å². The summed E-state index contributed by atoms with van der Waals surface area (Å²) in [6.07, 6.45) is 3.98. The SMILES string of the molecule is Cc1oc2ccccc2c1N1CCCCC1. The van der Waals surface area contributed by atoms with E-state index in [9.17, 15) is 0 Å². The molecule has 0 bridgehead atoms. The van der Waals surface area contributed by atoms with E-state index in [2.05, 4.69) is 30.0 Å². The quantitative estimate of drug-likeness (QED) is 0.720. The highest BCUT2D eigenvalue weighted by atomic mass is 16.3. The molecule has 0 aliphatic carbocycles. The molecule has 0 unspecified atom stereocenters. The van der Waals surface area contributed by atoms with Gasteiger partial charge in [-0.15, -0.1) is 0 Å². The third-order valence-electron chi connectivity index (χ3n) is 3.41. The van der Waals surface area contributed by atoms with Crippen molar-refractivity contribution in [1.82, 2.24) is 0 Å². The van der Waals surface area contributed by atoms with Crippen molar-refractivity contribution in [3.8, 4) is 0 Å². The van der Waals surface area contributed by atoms with Crippen LogP contribution in [0.25, 0.3) is 11.0 Å². The Morgan fingerprint density at radius 2 is 1.81 bits per heavy atom. The minimum absolute atomic E-state index is 1.01. The van der Waals surface area contributed by atoms with Crippen LogP contribution in [0.4, 0.5) is 5.69 Å². The lowest BCUT2D eigenvalue weighted by Gasteiger charge is -2.28. The van der Waals surface area contributed by atoms with Gasteiger partial charge >= 0.3 is 0 Å². The summed E-state index contributed by atoms with van der Waals surface area (Å²) in [6, 6.07) is 8.33. The second-order valence-corrected chi connectivity index (χ2v) is 4.55. The van der Waals surface area contributed by atoms with E-state index in [1.165, 1.54) is 43.4 Å². The maximum atomic E-state index is 5.81. The Morgan fingerprint density at radius 1 is 1.06 bits per heavy atom. The number of piperidine rings is 1. The summed E-state index contributed by atoms with van der Waals surface area (Å²) >= 11 is 0. The average Bonchev–Trinajstić information content (AvgIpc) is 2.66. The molecule has 84 valence electrons. The zero-order chi connectivity index (χ0) is 11.0. The topological polar surface area (TPSA) is 16.4 Å². The predicted molar refractivity (Wildman–Crippen MR) is 67.0 cm³/mol. The lowest BCUT2D eigenvalue weighted by atomic mass is 10.1. The van der Waals surface area contributed by atoms with Gasteiger partial charge in [0.05, 0.1) is 5.69 Å². The summed E-state index contributed by atoms with van der Waals surface area (Å²) in [4.78, 5) is 2.48. The Bertz CT molecular complexity index is 494. The van der Waals surface area contributed by atoms with Gasteiger partial charge in [0, 0.05) is 18.5 Å². The number of hydrogen-bond donors (Lipinski definition) is 0. The van der Waals surface area contributed by atoms with Gasteiger partial charge in [-0.1, -0.05) is 12.1 Å². The lowest BCUT2D eigenvalue weighted by Crippen LogP contribution is -2.29. The zero-order valence-corrected chi connectivity index (χ0v) is 9.70. The first-order chi connectivity index (χ1) is 7.86. The maximum absolute atomic E-state index is 5.81. The maximum Gasteiger partial charge on any atom is 0.136 e. The van der Waals surface area contributed by atoms with Crippen molar-refractivity contribution in [3.63, 3.8) is 0 Å². The molecule has 1 fully saturated rings. The number of para-hydroxylation sites is 1. The number of anilines is 1. The van der Waals surface area contributed by atoms with E-state index in [0.29, 0.717) is 0 Å². The second-order valence-electron chi connectivity index (χ2n) is 4.55. The molecule has 0 atom stereocenters. The fourth-order valence-electron chi connectivity index (χ4n) is 2.66. The van der Waals surface area contributed by atoms with Crippen molar-refractivity contribution in [3.05, 3.63) is 30.0 Å². The number of hydrogen-bond acceptors (Lipinski definition) is 2. The van der Waals surface area contributed by atoms with E-state index in [0.717, 1.165) is 11.3 Å². The molecule has 1 saturated heterocycles. The molecule has 16 heavy (non-hydrogen) atoms. The van der Waals surface area contributed by atoms with Gasteiger partial charge in [0.25, 0.3) is 0 Å². The molecule has 0 saturated carbocycles. The number of fused-ring (bicyclic) bond motifs is 1. The largest absolute Gasteiger partial charge is 0.459 e. The number of rotatable bonds is 1. The van der Waals surface area contributed by atoms with Crippen molar-refractivity contribution in [1.29, 1.82) is 0 Å². The highest BCUT2D eigenvalue weighted by molar-refractivity contribution is 5.92. The molecule has 1 aromatic carbocycles. The number of benzene rings is 1. The molecule has 0 spiro atoms. The van der Waals surface area contributed by atoms with E-state index < -0.39 is 0 Å². The molecule has 2 heterocycles. The van der Waals surface area contributed by atoms with Gasteiger partial charge in [-0.25, -0.2) is 0 Å². The van der Waals surface area contributed by atoms with Gasteiger partial charge < -0.3 is 9.32 Å². The summed E-state index contributed by atoms with van der Waals surface area (Å²) in [7, 11) is 0. The monoisotopic (exact) mass is 215 g/mol. The van der Waals surface area contributed by atoms with Gasteiger partial charge in [0.2, 0.25) is 0 Å². The van der Waals surface area contributed by atoms with Crippen LogP contribution in [0.1, 0.15) is 25.0 Å². The molecule has 2 nitrogen and oxygen atoms in total. The smallest absolute Gasteiger partial charge is 0.136 e. The van der Waals surface area contributed by atoms with E-state index in [-0.39, 0.29) is 0 Å². The summed E-state index contributed by atoms with van der Waals surface area (Å²) < 4.78 is 5.81. The minimum Gasteiger partial charge on any atom is -0.459 e. The molecule has 2 aromatic rings. The predicted octanol–water partition coefficient (Wildman–Crippen LogP) is 3.73.